The highest BCUT2D eigenvalue weighted by molar-refractivity contribution is 6.29. The molecule has 0 spiro atoms. The van der Waals surface area contributed by atoms with Crippen molar-refractivity contribution in [3.8, 4) is 0 Å². The standard InChI is InChI=1S/C20H23ClN2O4/c1-2-3-11-27-20(26)19(25)15(12-14-7-5-4-6-8-14)13-17(24)16-9-10-18(21)23-22-16/h4-10,15,19,25H,2-3,11-13H2,1H3/t15-,19+/m0/s1. The molecule has 1 N–H and O–H groups in total. The lowest BCUT2D eigenvalue weighted by atomic mass is 9.88. The van der Waals surface area contributed by atoms with E-state index in [1.165, 1.54) is 12.1 Å². The Morgan fingerprint density at radius 1 is 1.15 bits per heavy atom. The van der Waals surface area contributed by atoms with E-state index in [-0.39, 0.29) is 29.7 Å². The van der Waals surface area contributed by atoms with Crippen molar-refractivity contribution in [1.82, 2.24) is 10.2 Å². The molecule has 1 heterocycles. The van der Waals surface area contributed by atoms with Crippen LogP contribution in [0.15, 0.2) is 42.5 Å². The average molecular weight is 391 g/mol. The highest BCUT2D eigenvalue weighted by Gasteiger charge is 2.30. The zero-order valence-corrected chi connectivity index (χ0v) is 15.9. The van der Waals surface area contributed by atoms with Gasteiger partial charge in [0.25, 0.3) is 0 Å². The first-order valence-electron chi connectivity index (χ1n) is 8.92. The van der Waals surface area contributed by atoms with Crippen LogP contribution in [0.5, 0.6) is 0 Å². The molecule has 1 aromatic carbocycles. The lowest BCUT2D eigenvalue weighted by molar-refractivity contribution is -0.156. The van der Waals surface area contributed by atoms with Gasteiger partial charge in [0.05, 0.1) is 6.61 Å². The van der Waals surface area contributed by atoms with E-state index < -0.39 is 18.0 Å². The van der Waals surface area contributed by atoms with Gasteiger partial charge in [-0.05, 0) is 30.5 Å². The summed E-state index contributed by atoms with van der Waals surface area (Å²) in [4.78, 5) is 24.7. The molecule has 0 unspecified atom stereocenters. The number of carbonyl (C=O) groups is 2. The van der Waals surface area contributed by atoms with Gasteiger partial charge in [-0.1, -0.05) is 55.3 Å². The Labute approximate surface area is 163 Å². The predicted molar refractivity (Wildman–Crippen MR) is 101 cm³/mol. The van der Waals surface area contributed by atoms with Crippen molar-refractivity contribution in [3.05, 3.63) is 58.9 Å². The third-order valence-corrected chi connectivity index (χ3v) is 4.34. The lowest BCUT2D eigenvalue weighted by Crippen LogP contribution is -2.34. The SMILES string of the molecule is CCCCOC(=O)[C@H](O)[C@H](CC(=O)c1ccc(Cl)nn1)Cc1ccccc1. The van der Waals surface area contributed by atoms with Crippen LogP contribution >= 0.6 is 11.6 Å². The molecule has 27 heavy (non-hydrogen) atoms. The smallest absolute Gasteiger partial charge is 0.335 e. The third-order valence-electron chi connectivity index (χ3n) is 4.14. The molecule has 1 aromatic heterocycles. The van der Waals surface area contributed by atoms with Crippen LogP contribution in [-0.2, 0) is 16.0 Å². The fourth-order valence-electron chi connectivity index (χ4n) is 2.61. The van der Waals surface area contributed by atoms with E-state index in [9.17, 15) is 14.7 Å². The number of esters is 1. The number of ketones is 1. The first kappa shape index (κ1) is 21.0. The van der Waals surface area contributed by atoms with Crippen molar-refractivity contribution in [3.63, 3.8) is 0 Å². The lowest BCUT2D eigenvalue weighted by Gasteiger charge is -2.21. The number of Topliss-reactive ketones (excluding diaryl/α,β-unsaturated/α-hetero) is 1. The molecule has 0 aliphatic rings. The number of nitrogens with zero attached hydrogens (tertiary/aromatic N) is 2. The second-order valence-electron chi connectivity index (χ2n) is 6.28. The Morgan fingerprint density at radius 2 is 1.89 bits per heavy atom. The zero-order chi connectivity index (χ0) is 19.6. The number of rotatable bonds is 10. The minimum absolute atomic E-state index is 0.0603. The molecule has 0 saturated carbocycles. The zero-order valence-electron chi connectivity index (χ0n) is 15.2. The summed E-state index contributed by atoms with van der Waals surface area (Å²) in [6.07, 6.45) is 0.504. The molecule has 2 aromatic rings. The predicted octanol–water partition coefficient (Wildman–Crippen LogP) is 3.27. The number of ether oxygens (including phenoxy) is 1. The highest BCUT2D eigenvalue weighted by Crippen LogP contribution is 2.20. The fourth-order valence-corrected chi connectivity index (χ4v) is 2.72. The Morgan fingerprint density at radius 3 is 2.52 bits per heavy atom. The normalized spacial score (nSPS) is 13.0. The summed E-state index contributed by atoms with van der Waals surface area (Å²) in [5.41, 5.74) is 1.06. The minimum atomic E-state index is -1.40. The molecule has 0 aliphatic carbocycles. The highest BCUT2D eigenvalue weighted by atomic mass is 35.5. The van der Waals surface area contributed by atoms with E-state index in [0.717, 1.165) is 18.4 Å². The largest absolute Gasteiger partial charge is 0.464 e. The fraction of sp³-hybridized carbons (Fsp3) is 0.400. The molecule has 0 saturated heterocycles. The third kappa shape index (κ3) is 6.73. The summed E-state index contributed by atoms with van der Waals surface area (Å²) in [6, 6.07) is 12.3. The van der Waals surface area contributed by atoms with Gasteiger partial charge in [-0.25, -0.2) is 4.79 Å². The van der Waals surface area contributed by atoms with Crippen molar-refractivity contribution in [1.29, 1.82) is 0 Å². The number of aromatic nitrogens is 2. The molecule has 0 fully saturated rings. The molecule has 2 rings (SSSR count). The average Bonchev–Trinajstić information content (AvgIpc) is 2.68. The molecule has 2 atom stereocenters. The number of halogens is 1. The van der Waals surface area contributed by atoms with Crippen LogP contribution in [0.4, 0.5) is 0 Å². The molecule has 7 heteroatoms. The quantitative estimate of drug-likeness (QED) is 0.380. The van der Waals surface area contributed by atoms with E-state index in [4.69, 9.17) is 16.3 Å². The molecule has 0 radical (unpaired) electrons. The Balaban J connectivity index is 2.11. The van der Waals surface area contributed by atoms with Gasteiger partial charge in [-0.3, -0.25) is 4.79 Å². The number of aliphatic hydroxyl groups is 1. The molecular weight excluding hydrogens is 368 g/mol. The summed E-state index contributed by atoms with van der Waals surface area (Å²) in [6.45, 7) is 2.23. The van der Waals surface area contributed by atoms with Crippen molar-refractivity contribution >= 4 is 23.4 Å². The van der Waals surface area contributed by atoms with Crippen LogP contribution < -0.4 is 0 Å². The van der Waals surface area contributed by atoms with Gasteiger partial charge in [-0.15, -0.1) is 10.2 Å². The second kappa shape index (κ2) is 10.7. The van der Waals surface area contributed by atoms with Crippen LogP contribution in [0, 0.1) is 5.92 Å². The summed E-state index contributed by atoms with van der Waals surface area (Å²) in [5.74, 6) is -1.66. The van der Waals surface area contributed by atoms with E-state index in [0.29, 0.717) is 6.42 Å². The summed E-state index contributed by atoms with van der Waals surface area (Å²) >= 11 is 5.70. The molecule has 0 aliphatic heterocycles. The molecule has 0 bridgehead atoms. The Kier molecular flexibility index (Phi) is 8.36. The van der Waals surface area contributed by atoms with Gasteiger partial charge in [0.2, 0.25) is 0 Å². The Bertz CT molecular complexity index is 737. The van der Waals surface area contributed by atoms with Gasteiger partial charge in [0.15, 0.2) is 17.0 Å². The van der Waals surface area contributed by atoms with E-state index >= 15 is 0 Å². The van der Waals surface area contributed by atoms with Crippen molar-refractivity contribution in [2.75, 3.05) is 6.61 Å². The maximum absolute atomic E-state index is 12.5. The molecular formula is C20H23ClN2O4. The van der Waals surface area contributed by atoms with Crippen LogP contribution in [-0.4, -0.2) is 39.8 Å². The van der Waals surface area contributed by atoms with Crippen LogP contribution in [0.1, 0.15) is 42.2 Å². The first-order chi connectivity index (χ1) is 13.0. The van der Waals surface area contributed by atoms with Crippen LogP contribution in [0.2, 0.25) is 5.15 Å². The Hall–Kier alpha value is -2.31. The summed E-state index contributed by atoms with van der Waals surface area (Å²) in [5, 5.41) is 18.1. The van der Waals surface area contributed by atoms with Gasteiger partial charge < -0.3 is 9.84 Å². The summed E-state index contributed by atoms with van der Waals surface area (Å²) in [7, 11) is 0. The van der Waals surface area contributed by atoms with Gasteiger partial charge in [-0.2, -0.15) is 0 Å². The number of carbonyl (C=O) groups excluding carboxylic acids is 2. The number of aliphatic hydroxyl groups excluding tert-OH is 1. The maximum Gasteiger partial charge on any atom is 0.335 e. The maximum atomic E-state index is 12.5. The minimum Gasteiger partial charge on any atom is -0.464 e. The summed E-state index contributed by atoms with van der Waals surface area (Å²) < 4.78 is 5.12. The van der Waals surface area contributed by atoms with E-state index in [2.05, 4.69) is 10.2 Å². The van der Waals surface area contributed by atoms with Gasteiger partial charge in [0.1, 0.15) is 5.69 Å². The van der Waals surface area contributed by atoms with Crippen molar-refractivity contribution < 1.29 is 19.4 Å². The van der Waals surface area contributed by atoms with Crippen LogP contribution in [0.3, 0.4) is 0 Å². The van der Waals surface area contributed by atoms with Gasteiger partial charge in [0, 0.05) is 12.3 Å². The van der Waals surface area contributed by atoms with Gasteiger partial charge >= 0.3 is 5.97 Å². The molecule has 144 valence electrons. The first-order valence-corrected chi connectivity index (χ1v) is 9.30. The van der Waals surface area contributed by atoms with Crippen LogP contribution in [0.25, 0.3) is 0 Å². The molecule has 6 nitrogen and oxygen atoms in total. The number of hydrogen-bond acceptors (Lipinski definition) is 6. The number of hydrogen-bond donors (Lipinski definition) is 1. The second-order valence-corrected chi connectivity index (χ2v) is 6.67. The number of benzene rings is 1. The monoisotopic (exact) mass is 390 g/mol. The number of unbranched alkanes of at least 4 members (excludes halogenated alkanes) is 1. The van der Waals surface area contributed by atoms with Crippen molar-refractivity contribution in [2.24, 2.45) is 5.92 Å². The van der Waals surface area contributed by atoms with E-state index in [1.807, 2.05) is 37.3 Å². The molecule has 0 amide bonds. The topological polar surface area (TPSA) is 89.4 Å². The van der Waals surface area contributed by atoms with E-state index in [1.54, 1.807) is 0 Å². The van der Waals surface area contributed by atoms with Crippen molar-refractivity contribution in [2.45, 2.75) is 38.7 Å².